The Morgan fingerprint density at radius 1 is 1.05 bits per heavy atom. The lowest BCUT2D eigenvalue weighted by Gasteiger charge is -2.30. The smallest absolute Gasteiger partial charge is 0.180 e. The minimum absolute atomic E-state index is 0.201. The van der Waals surface area contributed by atoms with Crippen molar-refractivity contribution >= 4 is 11.5 Å². The Hall–Kier alpha value is -2.54. The third-order valence-electron chi connectivity index (χ3n) is 4.03. The molecule has 0 saturated carbocycles. The molecule has 1 aliphatic heterocycles. The van der Waals surface area contributed by atoms with Gasteiger partial charge in [-0.25, -0.2) is 19.9 Å². The standard InChI is InChI=1S/C15H16N6O/c22-12-1-4-20(5-2-12)14-15-19-9-13(21(15)6-3-18-14)11-7-16-10-17-8-11/h3,6-10,12,22H,1-2,4-5H2. The first-order chi connectivity index (χ1) is 10.8. The number of piperidine rings is 1. The Labute approximate surface area is 127 Å². The quantitative estimate of drug-likeness (QED) is 0.764. The molecule has 3 aromatic heterocycles. The van der Waals surface area contributed by atoms with Crippen molar-refractivity contribution in [2.24, 2.45) is 0 Å². The summed E-state index contributed by atoms with van der Waals surface area (Å²) in [5, 5.41) is 9.66. The Bertz CT molecular complexity index is 779. The zero-order chi connectivity index (χ0) is 14.9. The monoisotopic (exact) mass is 296 g/mol. The van der Waals surface area contributed by atoms with Gasteiger partial charge in [0, 0.05) is 43.4 Å². The van der Waals surface area contributed by atoms with Crippen LogP contribution in [0.5, 0.6) is 0 Å². The lowest BCUT2D eigenvalue weighted by atomic mass is 10.1. The normalized spacial score (nSPS) is 16.3. The van der Waals surface area contributed by atoms with Crippen molar-refractivity contribution in [1.29, 1.82) is 0 Å². The van der Waals surface area contributed by atoms with E-state index in [4.69, 9.17) is 0 Å². The highest BCUT2D eigenvalue weighted by Gasteiger charge is 2.21. The molecule has 0 aliphatic carbocycles. The van der Waals surface area contributed by atoms with Gasteiger partial charge in [0.2, 0.25) is 0 Å². The number of nitrogens with zero attached hydrogens (tertiary/aromatic N) is 6. The van der Waals surface area contributed by atoms with Crippen LogP contribution in [-0.2, 0) is 0 Å². The van der Waals surface area contributed by atoms with Crippen LogP contribution in [0.15, 0.2) is 37.3 Å². The summed E-state index contributed by atoms with van der Waals surface area (Å²) in [6.45, 7) is 1.59. The summed E-state index contributed by atoms with van der Waals surface area (Å²) in [6, 6.07) is 0. The maximum absolute atomic E-state index is 9.66. The molecular weight excluding hydrogens is 280 g/mol. The molecule has 0 unspecified atom stereocenters. The molecule has 0 bridgehead atoms. The first kappa shape index (κ1) is 13.1. The maximum atomic E-state index is 9.66. The second kappa shape index (κ2) is 5.34. The minimum atomic E-state index is -0.201. The number of aliphatic hydroxyl groups excluding tert-OH is 1. The molecule has 1 fully saturated rings. The summed E-state index contributed by atoms with van der Waals surface area (Å²) in [7, 11) is 0. The summed E-state index contributed by atoms with van der Waals surface area (Å²) < 4.78 is 2.01. The number of fused-ring (bicyclic) bond motifs is 1. The Morgan fingerprint density at radius 2 is 1.82 bits per heavy atom. The van der Waals surface area contributed by atoms with Crippen LogP contribution in [0, 0.1) is 0 Å². The van der Waals surface area contributed by atoms with E-state index in [2.05, 4.69) is 24.8 Å². The molecular formula is C15H16N6O. The summed E-state index contributed by atoms with van der Waals surface area (Å²) in [5.74, 6) is 0.859. The van der Waals surface area contributed by atoms with Crippen LogP contribution in [0.3, 0.4) is 0 Å². The average Bonchev–Trinajstić information content (AvgIpc) is 3.00. The van der Waals surface area contributed by atoms with Crippen LogP contribution in [-0.4, -0.2) is 48.6 Å². The van der Waals surface area contributed by atoms with Crippen molar-refractivity contribution < 1.29 is 5.11 Å². The number of hydrogen-bond acceptors (Lipinski definition) is 6. The molecule has 0 aromatic carbocycles. The number of anilines is 1. The first-order valence-electron chi connectivity index (χ1n) is 7.33. The zero-order valence-electron chi connectivity index (χ0n) is 12.0. The Kier molecular flexibility index (Phi) is 3.19. The van der Waals surface area contributed by atoms with E-state index in [0.717, 1.165) is 48.7 Å². The van der Waals surface area contributed by atoms with Gasteiger partial charge in [-0.1, -0.05) is 0 Å². The number of rotatable bonds is 2. The third-order valence-corrected chi connectivity index (χ3v) is 4.03. The molecule has 1 saturated heterocycles. The predicted molar refractivity (Wildman–Crippen MR) is 81.5 cm³/mol. The summed E-state index contributed by atoms with van der Waals surface area (Å²) in [6.07, 6.45) is 11.9. The van der Waals surface area contributed by atoms with E-state index in [1.54, 1.807) is 18.6 Å². The van der Waals surface area contributed by atoms with Crippen molar-refractivity contribution in [3.63, 3.8) is 0 Å². The minimum Gasteiger partial charge on any atom is -0.393 e. The molecule has 7 heteroatoms. The fourth-order valence-electron chi connectivity index (χ4n) is 2.85. The SMILES string of the molecule is OC1CCN(c2nccn3c(-c4cncnc4)cnc23)CC1. The van der Waals surface area contributed by atoms with Crippen LogP contribution in [0.1, 0.15) is 12.8 Å². The number of imidazole rings is 1. The molecule has 4 heterocycles. The molecule has 0 amide bonds. The molecule has 0 radical (unpaired) electrons. The van der Waals surface area contributed by atoms with Gasteiger partial charge in [-0.15, -0.1) is 0 Å². The zero-order valence-corrected chi connectivity index (χ0v) is 12.0. The van der Waals surface area contributed by atoms with E-state index in [1.807, 2.05) is 16.8 Å². The Morgan fingerprint density at radius 3 is 2.59 bits per heavy atom. The lowest BCUT2D eigenvalue weighted by Crippen LogP contribution is -2.36. The van der Waals surface area contributed by atoms with Crippen LogP contribution >= 0.6 is 0 Å². The topological polar surface area (TPSA) is 79.4 Å². The second-order valence-corrected chi connectivity index (χ2v) is 5.43. The van der Waals surface area contributed by atoms with Gasteiger partial charge in [-0.05, 0) is 12.8 Å². The maximum Gasteiger partial charge on any atom is 0.180 e. The molecule has 22 heavy (non-hydrogen) atoms. The lowest BCUT2D eigenvalue weighted by molar-refractivity contribution is 0.145. The Balaban J connectivity index is 1.77. The fraction of sp³-hybridized carbons (Fsp3) is 0.333. The molecule has 0 atom stereocenters. The number of aromatic nitrogens is 5. The van der Waals surface area contributed by atoms with E-state index in [9.17, 15) is 5.11 Å². The molecule has 1 N–H and O–H groups in total. The van der Waals surface area contributed by atoms with Crippen LogP contribution in [0.25, 0.3) is 16.9 Å². The van der Waals surface area contributed by atoms with Crippen molar-refractivity contribution in [1.82, 2.24) is 24.3 Å². The van der Waals surface area contributed by atoms with Crippen LogP contribution < -0.4 is 4.90 Å². The van der Waals surface area contributed by atoms with Crippen LogP contribution in [0.4, 0.5) is 5.82 Å². The van der Waals surface area contributed by atoms with E-state index < -0.39 is 0 Å². The van der Waals surface area contributed by atoms with E-state index in [-0.39, 0.29) is 6.10 Å². The molecule has 0 spiro atoms. The summed E-state index contributed by atoms with van der Waals surface area (Å²) >= 11 is 0. The molecule has 7 nitrogen and oxygen atoms in total. The van der Waals surface area contributed by atoms with Gasteiger partial charge < -0.3 is 10.0 Å². The van der Waals surface area contributed by atoms with E-state index in [0.29, 0.717) is 0 Å². The third kappa shape index (κ3) is 2.19. The summed E-state index contributed by atoms with van der Waals surface area (Å²) in [4.78, 5) is 19.3. The molecule has 112 valence electrons. The van der Waals surface area contributed by atoms with E-state index >= 15 is 0 Å². The highest BCUT2D eigenvalue weighted by molar-refractivity contribution is 5.70. The molecule has 3 aromatic rings. The largest absolute Gasteiger partial charge is 0.393 e. The van der Waals surface area contributed by atoms with Crippen molar-refractivity contribution in [3.05, 3.63) is 37.3 Å². The van der Waals surface area contributed by atoms with Gasteiger partial charge in [0.05, 0.1) is 18.0 Å². The molecule has 4 rings (SSSR count). The van der Waals surface area contributed by atoms with Gasteiger partial charge >= 0.3 is 0 Å². The number of hydrogen-bond donors (Lipinski definition) is 1. The van der Waals surface area contributed by atoms with Gasteiger partial charge in [0.25, 0.3) is 0 Å². The predicted octanol–water partition coefficient (Wildman–Crippen LogP) is 1.15. The highest BCUT2D eigenvalue weighted by Crippen LogP contribution is 2.26. The van der Waals surface area contributed by atoms with Gasteiger partial charge in [0.15, 0.2) is 11.5 Å². The van der Waals surface area contributed by atoms with Crippen LogP contribution in [0.2, 0.25) is 0 Å². The highest BCUT2D eigenvalue weighted by atomic mass is 16.3. The van der Waals surface area contributed by atoms with Crippen molar-refractivity contribution in [2.75, 3.05) is 18.0 Å². The second-order valence-electron chi connectivity index (χ2n) is 5.43. The fourth-order valence-corrected chi connectivity index (χ4v) is 2.85. The average molecular weight is 296 g/mol. The van der Waals surface area contributed by atoms with Crippen molar-refractivity contribution in [3.8, 4) is 11.3 Å². The summed E-state index contributed by atoms with van der Waals surface area (Å²) in [5.41, 5.74) is 2.68. The van der Waals surface area contributed by atoms with E-state index in [1.165, 1.54) is 6.33 Å². The van der Waals surface area contributed by atoms with Gasteiger partial charge in [-0.2, -0.15) is 0 Å². The van der Waals surface area contributed by atoms with Crippen molar-refractivity contribution in [2.45, 2.75) is 18.9 Å². The van der Waals surface area contributed by atoms with Gasteiger partial charge in [-0.3, -0.25) is 4.40 Å². The number of aliphatic hydroxyl groups is 1. The molecule has 1 aliphatic rings. The first-order valence-corrected chi connectivity index (χ1v) is 7.33. The van der Waals surface area contributed by atoms with Gasteiger partial charge in [0.1, 0.15) is 6.33 Å².